The van der Waals surface area contributed by atoms with Gasteiger partial charge in [0.2, 0.25) is 0 Å². The van der Waals surface area contributed by atoms with E-state index in [0.29, 0.717) is 6.04 Å². The third-order valence-corrected chi connectivity index (χ3v) is 3.79. The Morgan fingerprint density at radius 3 is 2.67 bits per heavy atom. The first kappa shape index (κ1) is 11.5. The van der Waals surface area contributed by atoms with Crippen molar-refractivity contribution >= 4 is 0 Å². The number of benzene rings is 1. The summed E-state index contributed by atoms with van der Waals surface area (Å²) < 4.78 is 2.09. The minimum atomic E-state index is 0.298. The van der Waals surface area contributed by atoms with E-state index in [1.54, 1.807) is 0 Å². The van der Waals surface area contributed by atoms with Crippen molar-refractivity contribution in [3.8, 4) is 5.69 Å². The van der Waals surface area contributed by atoms with E-state index in [2.05, 4.69) is 47.9 Å². The van der Waals surface area contributed by atoms with Crippen molar-refractivity contribution in [1.29, 1.82) is 0 Å². The zero-order chi connectivity index (χ0) is 12.7. The molecule has 3 nitrogen and oxygen atoms in total. The molecule has 94 valence electrons. The van der Waals surface area contributed by atoms with Gasteiger partial charge in [-0.15, -0.1) is 0 Å². The van der Waals surface area contributed by atoms with Gasteiger partial charge in [0.15, 0.2) is 0 Å². The van der Waals surface area contributed by atoms with Crippen LogP contribution in [0.15, 0.2) is 24.3 Å². The monoisotopic (exact) mass is 241 g/mol. The smallest absolute Gasteiger partial charge is 0.0649 e. The van der Waals surface area contributed by atoms with E-state index in [4.69, 9.17) is 5.73 Å². The highest BCUT2D eigenvalue weighted by Gasteiger charge is 2.23. The highest BCUT2D eigenvalue weighted by molar-refractivity contribution is 5.40. The number of aryl methyl sites for hydroxylation is 2. The molecule has 2 N–H and O–H groups in total. The fourth-order valence-electron chi connectivity index (χ4n) is 2.72. The molecule has 1 atom stereocenters. The normalized spacial score (nSPS) is 18.7. The molecule has 1 aliphatic rings. The average Bonchev–Trinajstić information content (AvgIpc) is 2.68. The highest BCUT2D eigenvalue weighted by Crippen LogP contribution is 2.26. The van der Waals surface area contributed by atoms with Crippen LogP contribution in [0.5, 0.6) is 0 Å². The van der Waals surface area contributed by atoms with Crippen molar-refractivity contribution in [2.24, 2.45) is 5.73 Å². The molecule has 18 heavy (non-hydrogen) atoms. The van der Waals surface area contributed by atoms with E-state index in [1.165, 1.54) is 16.8 Å². The zero-order valence-corrected chi connectivity index (χ0v) is 11.0. The maximum absolute atomic E-state index is 6.05. The standard InChI is InChI=1S/C15H19N3/c1-10-3-6-13(7-4-10)18-15-8-5-12(16)9-14(15)11(2)17-18/h3-4,6-7,12H,5,8-9,16H2,1-2H3. The molecule has 0 aliphatic heterocycles. The lowest BCUT2D eigenvalue weighted by molar-refractivity contribution is 0.562. The van der Waals surface area contributed by atoms with Gasteiger partial charge in [-0.05, 0) is 50.8 Å². The average molecular weight is 241 g/mol. The fraction of sp³-hybridized carbons (Fsp3) is 0.400. The Hall–Kier alpha value is -1.61. The van der Waals surface area contributed by atoms with Crippen LogP contribution in [0.2, 0.25) is 0 Å². The van der Waals surface area contributed by atoms with Crippen LogP contribution < -0.4 is 5.73 Å². The van der Waals surface area contributed by atoms with Crippen LogP contribution in [-0.4, -0.2) is 15.8 Å². The van der Waals surface area contributed by atoms with Gasteiger partial charge in [0.25, 0.3) is 0 Å². The third-order valence-electron chi connectivity index (χ3n) is 3.79. The number of hydrogen-bond donors (Lipinski definition) is 1. The quantitative estimate of drug-likeness (QED) is 0.832. The predicted octanol–water partition coefficient (Wildman–Crippen LogP) is 2.31. The van der Waals surface area contributed by atoms with Crippen LogP contribution in [0.3, 0.4) is 0 Å². The fourth-order valence-corrected chi connectivity index (χ4v) is 2.72. The number of hydrogen-bond acceptors (Lipinski definition) is 2. The summed E-state index contributed by atoms with van der Waals surface area (Å²) in [6.07, 6.45) is 3.06. The Morgan fingerprint density at radius 1 is 1.22 bits per heavy atom. The second kappa shape index (κ2) is 4.25. The Labute approximate surface area is 108 Å². The Balaban J connectivity index is 2.08. The summed E-state index contributed by atoms with van der Waals surface area (Å²) in [5, 5.41) is 4.69. The lowest BCUT2D eigenvalue weighted by atomic mass is 9.92. The van der Waals surface area contributed by atoms with Crippen LogP contribution in [0.4, 0.5) is 0 Å². The molecule has 2 aromatic rings. The highest BCUT2D eigenvalue weighted by atomic mass is 15.3. The van der Waals surface area contributed by atoms with Gasteiger partial charge in [0.05, 0.1) is 11.4 Å². The molecule has 0 saturated carbocycles. The SMILES string of the molecule is Cc1ccc(-n2nc(C)c3c2CCC(N)C3)cc1. The van der Waals surface area contributed by atoms with Crippen molar-refractivity contribution in [2.75, 3.05) is 0 Å². The number of nitrogens with zero attached hydrogens (tertiary/aromatic N) is 2. The molecular formula is C15H19N3. The number of fused-ring (bicyclic) bond motifs is 1. The van der Waals surface area contributed by atoms with E-state index in [9.17, 15) is 0 Å². The number of rotatable bonds is 1. The second-order valence-electron chi connectivity index (χ2n) is 5.26. The van der Waals surface area contributed by atoms with E-state index < -0.39 is 0 Å². The number of aromatic nitrogens is 2. The molecule has 1 aliphatic carbocycles. The summed E-state index contributed by atoms with van der Waals surface area (Å²) >= 11 is 0. The van der Waals surface area contributed by atoms with E-state index >= 15 is 0 Å². The van der Waals surface area contributed by atoms with E-state index in [-0.39, 0.29) is 0 Å². The first-order chi connectivity index (χ1) is 8.65. The van der Waals surface area contributed by atoms with Crippen LogP contribution in [-0.2, 0) is 12.8 Å². The molecule has 1 aromatic carbocycles. The number of nitrogens with two attached hydrogens (primary N) is 1. The molecule has 3 rings (SSSR count). The largest absolute Gasteiger partial charge is 0.327 e. The van der Waals surface area contributed by atoms with Gasteiger partial charge in [0, 0.05) is 11.7 Å². The predicted molar refractivity (Wildman–Crippen MR) is 73.0 cm³/mol. The molecule has 0 spiro atoms. The van der Waals surface area contributed by atoms with Gasteiger partial charge in [-0.2, -0.15) is 5.10 Å². The van der Waals surface area contributed by atoms with Crippen LogP contribution in [0.1, 0.15) is 28.9 Å². The van der Waals surface area contributed by atoms with Crippen molar-refractivity contribution < 1.29 is 0 Å². The Bertz CT molecular complexity index is 566. The van der Waals surface area contributed by atoms with E-state index in [1.807, 2.05) is 0 Å². The molecule has 3 heteroatoms. The maximum atomic E-state index is 6.05. The van der Waals surface area contributed by atoms with Crippen molar-refractivity contribution in [2.45, 2.75) is 39.2 Å². The molecule has 1 aromatic heterocycles. The Morgan fingerprint density at radius 2 is 1.94 bits per heavy atom. The van der Waals surface area contributed by atoms with Crippen molar-refractivity contribution in [3.63, 3.8) is 0 Å². The summed E-state index contributed by atoms with van der Waals surface area (Å²) in [6, 6.07) is 8.83. The van der Waals surface area contributed by atoms with Gasteiger partial charge >= 0.3 is 0 Å². The molecule has 0 bridgehead atoms. The van der Waals surface area contributed by atoms with Gasteiger partial charge in [-0.25, -0.2) is 4.68 Å². The van der Waals surface area contributed by atoms with Crippen molar-refractivity contribution in [3.05, 3.63) is 46.8 Å². The summed E-state index contributed by atoms with van der Waals surface area (Å²) in [6.45, 7) is 4.19. The summed E-state index contributed by atoms with van der Waals surface area (Å²) in [5.74, 6) is 0. The van der Waals surface area contributed by atoms with Crippen LogP contribution in [0.25, 0.3) is 5.69 Å². The second-order valence-corrected chi connectivity index (χ2v) is 5.26. The molecule has 0 fully saturated rings. The van der Waals surface area contributed by atoms with Crippen molar-refractivity contribution in [1.82, 2.24) is 9.78 Å². The first-order valence-electron chi connectivity index (χ1n) is 6.55. The molecular weight excluding hydrogens is 222 g/mol. The molecule has 0 radical (unpaired) electrons. The van der Waals surface area contributed by atoms with Gasteiger partial charge in [-0.1, -0.05) is 17.7 Å². The lowest BCUT2D eigenvalue weighted by Crippen LogP contribution is -2.28. The minimum Gasteiger partial charge on any atom is -0.327 e. The van der Waals surface area contributed by atoms with Gasteiger partial charge < -0.3 is 5.73 Å². The third kappa shape index (κ3) is 1.85. The summed E-state index contributed by atoms with van der Waals surface area (Å²) in [4.78, 5) is 0. The molecule has 1 heterocycles. The van der Waals surface area contributed by atoms with Gasteiger partial charge in [-0.3, -0.25) is 0 Å². The van der Waals surface area contributed by atoms with Crippen LogP contribution in [0, 0.1) is 13.8 Å². The van der Waals surface area contributed by atoms with E-state index in [0.717, 1.165) is 30.6 Å². The topological polar surface area (TPSA) is 43.8 Å². The molecule has 1 unspecified atom stereocenters. The molecule has 0 amide bonds. The van der Waals surface area contributed by atoms with Crippen LogP contribution >= 0.6 is 0 Å². The maximum Gasteiger partial charge on any atom is 0.0649 e. The van der Waals surface area contributed by atoms with Gasteiger partial charge in [0.1, 0.15) is 0 Å². The Kier molecular flexibility index (Phi) is 2.71. The lowest BCUT2D eigenvalue weighted by Gasteiger charge is -2.19. The first-order valence-corrected chi connectivity index (χ1v) is 6.55. The zero-order valence-electron chi connectivity index (χ0n) is 11.0. The summed E-state index contributed by atoms with van der Waals surface area (Å²) in [5.41, 5.74) is 12.3. The summed E-state index contributed by atoms with van der Waals surface area (Å²) in [7, 11) is 0. The molecule has 0 saturated heterocycles. The minimum absolute atomic E-state index is 0.298.